The summed E-state index contributed by atoms with van der Waals surface area (Å²) in [6.07, 6.45) is 0. The number of benzene rings is 1. The Kier molecular flexibility index (Phi) is 4.39. The zero-order valence-corrected chi connectivity index (χ0v) is 11.7. The summed E-state index contributed by atoms with van der Waals surface area (Å²) in [5.41, 5.74) is -0.465. The second-order valence-corrected chi connectivity index (χ2v) is 5.21. The molecule has 0 radical (unpaired) electrons. The van der Waals surface area contributed by atoms with Gasteiger partial charge in [0.25, 0.3) is 0 Å². The Morgan fingerprint density at radius 1 is 1.33 bits per heavy atom. The van der Waals surface area contributed by atoms with Crippen LogP contribution in [0.15, 0.2) is 30.3 Å². The normalized spacial score (nSPS) is 16.9. The van der Waals surface area contributed by atoms with Crippen LogP contribution in [-0.2, 0) is 20.3 Å². The maximum Gasteiger partial charge on any atom is 0.317 e. The van der Waals surface area contributed by atoms with Crippen molar-refractivity contribution in [3.05, 3.63) is 30.3 Å². The van der Waals surface area contributed by atoms with Crippen molar-refractivity contribution in [2.24, 2.45) is 0 Å². The molecule has 0 aliphatic rings. The van der Waals surface area contributed by atoms with E-state index in [0.717, 1.165) is 0 Å². The Balaban J connectivity index is 3.33. The van der Waals surface area contributed by atoms with Gasteiger partial charge in [0, 0.05) is 13.8 Å². The third kappa shape index (κ3) is 2.67. The number of hydrogen-bond acceptors (Lipinski definition) is 3. The number of hydrogen-bond donors (Lipinski definition) is 1. The summed E-state index contributed by atoms with van der Waals surface area (Å²) >= 11 is -2.44. The molecule has 1 N–H and O–H groups in total. The molecule has 100 valence electrons. The first-order valence-electron chi connectivity index (χ1n) is 5.45. The van der Waals surface area contributed by atoms with E-state index in [1.165, 1.54) is 6.92 Å². The van der Waals surface area contributed by atoms with Crippen LogP contribution in [0.2, 0.25) is 0 Å². The summed E-state index contributed by atoms with van der Waals surface area (Å²) in [5.74, 6) is -0.184. The van der Waals surface area contributed by atoms with E-state index in [1.54, 1.807) is 45.2 Å². The zero-order valence-electron chi connectivity index (χ0n) is 10.9. The predicted octanol–water partition coefficient (Wildman–Crippen LogP) is 2.06. The van der Waals surface area contributed by atoms with E-state index in [4.69, 9.17) is 8.74 Å². The van der Waals surface area contributed by atoms with Crippen molar-refractivity contribution in [1.29, 1.82) is 0 Å². The minimum atomic E-state index is -2.44. The molecule has 1 aromatic rings. The smallest absolute Gasteiger partial charge is 0.284 e. The summed E-state index contributed by atoms with van der Waals surface area (Å²) in [7, 11) is 1.66. The Bertz CT molecular complexity index is 460. The van der Waals surface area contributed by atoms with Gasteiger partial charge in [0.1, 0.15) is 5.69 Å². The fourth-order valence-electron chi connectivity index (χ4n) is 1.85. The predicted molar refractivity (Wildman–Crippen MR) is 70.8 cm³/mol. The number of carbonyl (C=O) groups is 1. The van der Waals surface area contributed by atoms with Gasteiger partial charge in [-0.3, -0.25) is 4.55 Å². The molecule has 1 aromatic carbocycles. The van der Waals surface area contributed by atoms with Crippen molar-refractivity contribution in [3.8, 4) is 0 Å². The molecule has 0 saturated heterocycles. The average molecular weight is 272 g/mol. The van der Waals surface area contributed by atoms with E-state index >= 15 is 0 Å². The molecule has 0 aromatic heterocycles. The molecule has 0 fully saturated rings. The van der Waals surface area contributed by atoms with Crippen LogP contribution < -0.4 is 4.48 Å². The average Bonchev–Trinajstić information content (AvgIpc) is 2.26. The monoisotopic (exact) mass is 272 g/mol. The molecule has 18 heavy (non-hydrogen) atoms. The minimum Gasteiger partial charge on any atom is -0.284 e. The molecule has 0 bridgehead atoms. The molecule has 0 aliphatic carbocycles. The largest absolute Gasteiger partial charge is 0.317 e. The highest BCUT2D eigenvalue weighted by Gasteiger charge is 2.49. The molecule has 0 spiro atoms. The van der Waals surface area contributed by atoms with Gasteiger partial charge < -0.3 is 0 Å². The molecule has 0 saturated carbocycles. The maximum atomic E-state index is 12.0. The van der Waals surface area contributed by atoms with Gasteiger partial charge >= 0.3 is 17.3 Å². The van der Waals surface area contributed by atoms with Crippen LogP contribution >= 0.6 is 0 Å². The first kappa shape index (κ1) is 15.0. The zero-order chi connectivity index (χ0) is 14.0. The molecular weight excluding hydrogens is 254 g/mol. The number of quaternary nitrogens is 1. The van der Waals surface area contributed by atoms with Gasteiger partial charge in [-0.1, -0.05) is 18.2 Å². The summed E-state index contributed by atoms with van der Waals surface area (Å²) in [4.78, 5) is 12.0. The van der Waals surface area contributed by atoms with Crippen molar-refractivity contribution in [1.82, 2.24) is 4.48 Å². The van der Waals surface area contributed by atoms with Gasteiger partial charge in [0.15, 0.2) is 0 Å². The molecule has 1 rings (SSSR count). The third-order valence-electron chi connectivity index (χ3n) is 3.25. The Labute approximate surface area is 109 Å². The lowest BCUT2D eigenvalue weighted by atomic mass is 10.1. The number of nitrogens with zero attached hydrogens (tertiary/aromatic N) is 1. The van der Waals surface area contributed by atoms with Crippen LogP contribution in [0.4, 0.5) is 5.69 Å². The quantitative estimate of drug-likeness (QED) is 0.517. The number of rotatable bonds is 4. The van der Waals surface area contributed by atoms with E-state index in [1.807, 2.05) is 6.07 Å². The van der Waals surface area contributed by atoms with Crippen molar-refractivity contribution in [2.75, 3.05) is 7.05 Å². The van der Waals surface area contributed by atoms with E-state index in [9.17, 15) is 9.00 Å². The van der Waals surface area contributed by atoms with Crippen LogP contribution in [0, 0.1) is 0 Å². The van der Waals surface area contributed by atoms with Crippen LogP contribution in [0.1, 0.15) is 20.8 Å². The second-order valence-electron chi connectivity index (χ2n) is 4.61. The van der Waals surface area contributed by atoms with Gasteiger partial charge in [-0.05, 0) is 12.1 Å². The van der Waals surface area contributed by atoms with Crippen molar-refractivity contribution in [2.45, 2.75) is 26.5 Å². The van der Waals surface area contributed by atoms with E-state index in [0.29, 0.717) is 5.69 Å². The summed E-state index contributed by atoms with van der Waals surface area (Å²) < 4.78 is 24.6. The third-order valence-corrected chi connectivity index (χ3v) is 3.81. The van der Waals surface area contributed by atoms with Gasteiger partial charge in [0.2, 0.25) is 5.72 Å². The van der Waals surface area contributed by atoms with Gasteiger partial charge in [-0.15, -0.1) is 0 Å². The first-order chi connectivity index (χ1) is 8.22. The molecule has 2 unspecified atom stereocenters. The van der Waals surface area contributed by atoms with E-state index in [-0.39, 0.29) is 10.4 Å². The highest BCUT2D eigenvalue weighted by molar-refractivity contribution is 7.74. The highest BCUT2D eigenvalue weighted by atomic mass is 32.2. The van der Waals surface area contributed by atoms with Crippen LogP contribution in [0.25, 0.3) is 0 Å². The van der Waals surface area contributed by atoms with E-state index < -0.39 is 17.1 Å². The minimum absolute atomic E-state index is 0.184. The lowest BCUT2D eigenvalue weighted by Gasteiger charge is -2.41. The lowest BCUT2D eigenvalue weighted by Crippen LogP contribution is -2.64. The number of amides is 1. The summed E-state index contributed by atoms with van der Waals surface area (Å²) in [5, 5.41) is 0. The Hall–Kier alpha value is -1.08. The van der Waals surface area contributed by atoms with Gasteiger partial charge in [0.05, 0.1) is 14.0 Å². The highest BCUT2D eigenvalue weighted by Crippen LogP contribution is 2.32. The molecule has 2 atom stereocenters. The Morgan fingerprint density at radius 2 is 1.83 bits per heavy atom. The van der Waals surface area contributed by atoms with E-state index in [2.05, 4.69) is 0 Å². The number of carbonyl (C=O) groups excluding carboxylic acids is 1. The molecule has 5 nitrogen and oxygen atoms in total. The molecular formula is C12H18NO4S+. The van der Waals surface area contributed by atoms with Crippen LogP contribution in [0.5, 0.6) is 0 Å². The maximum absolute atomic E-state index is 12.0. The number of para-hydroxylation sites is 1. The van der Waals surface area contributed by atoms with Gasteiger partial charge in [-0.25, -0.2) is 13.5 Å². The SMILES string of the molecule is CC(=O)[N+](C)(c1ccccc1)C(C)(C)OS(=O)O. The second kappa shape index (κ2) is 5.27. The van der Waals surface area contributed by atoms with Crippen molar-refractivity contribution >= 4 is 23.0 Å². The topological polar surface area (TPSA) is 63.6 Å². The summed E-state index contributed by atoms with van der Waals surface area (Å²) in [6.45, 7) is 4.64. The fourth-order valence-corrected chi connectivity index (χ4v) is 2.34. The van der Waals surface area contributed by atoms with Gasteiger partial charge in [-0.2, -0.15) is 4.21 Å². The fraction of sp³-hybridized carbons (Fsp3) is 0.417. The first-order valence-corrected chi connectivity index (χ1v) is 6.48. The Morgan fingerprint density at radius 3 is 2.22 bits per heavy atom. The van der Waals surface area contributed by atoms with Crippen LogP contribution in [-0.4, -0.2) is 27.4 Å². The molecule has 1 amide bonds. The van der Waals surface area contributed by atoms with Crippen LogP contribution in [0.3, 0.4) is 0 Å². The summed E-state index contributed by atoms with van der Waals surface area (Å²) in [6, 6.07) is 9.02. The molecule has 0 heterocycles. The van der Waals surface area contributed by atoms with Crippen molar-refractivity contribution < 1.29 is 17.7 Å². The standard InChI is InChI=1S/C12H17NO4S/c1-10(14)13(4,11-8-6-5-7-9-11)12(2,3)17-18(15)16/h5-9H,1-4H3/p+1. The molecule has 0 aliphatic heterocycles. The van der Waals surface area contributed by atoms with Crippen molar-refractivity contribution in [3.63, 3.8) is 0 Å². The molecule has 6 heteroatoms. The lowest BCUT2D eigenvalue weighted by molar-refractivity contribution is -0.140.